The summed E-state index contributed by atoms with van der Waals surface area (Å²) in [7, 11) is 0. The summed E-state index contributed by atoms with van der Waals surface area (Å²) < 4.78 is 6.01. The Bertz CT molecular complexity index is 471. The number of allylic oxidation sites excluding steroid dienone is 4. The summed E-state index contributed by atoms with van der Waals surface area (Å²) >= 11 is -0.567. The van der Waals surface area contributed by atoms with Gasteiger partial charge in [0.15, 0.2) is 0 Å². The van der Waals surface area contributed by atoms with Gasteiger partial charge >= 0.3 is 0 Å². The second kappa shape index (κ2) is 4.22. The van der Waals surface area contributed by atoms with Crippen LogP contribution in [0, 0.1) is 0 Å². The molecule has 3 rings (SSSR count). The van der Waals surface area contributed by atoms with E-state index in [9.17, 15) is 0 Å². The molecule has 0 aromatic heterocycles. The van der Waals surface area contributed by atoms with E-state index in [1.807, 2.05) is 30.3 Å². The van der Waals surface area contributed by atoms with Crippen molar-refractivity contribution >= 4 is 11.2 Å². The monoisotopic (exact) mass is 230 g/mol. The minimum Gasteiger partial charge on any atom is -0.444 e. The normalized spacial score (nSPS) is 24.6. The van der Waals surface area contributed by atoms with E-state index < -0.39 is 11.2 Å². The number of benzene rings is 1. The van der Waals surface area contributed by atoms with Gasteiger partial charge in [-0.3, -0.25) is 0 Å². The first-order valence-electron chi connectivity index (χ1n) is 5.54. The van der Waals surface area contributed by atoms with Crippen LogP contribution in [0.5, 0.6) is 5.75 Å². The Labute approximate surface area is 98.7 Å². The molecule has 0 amide bonds. The number of thiol groups is 1. The lowest BCUT2D eigenvalue weighted by atomic mass is 10.1. The predicted molar refractivity (Wildman–Crippen MR) is 70.6 cm³/mol. The molecule has 0 spiro atoms. The Balaban J connectivity index is 1.81. The first-order valence-corrected chi connectivity index (χ1v) is 6.86. The third kappa shape index (κ3) is 1.81. The van der Waals surface area contributed by atoms with Gasteiger partial charge in [0, 0.05) is 4.91 Å². The molecular weight excluding hydrogens is 216 g/mol. The highest BCUT2D eigenvalue weighted by molar-refractivity contribution is 8.19. The summed E-state index contributed by atoms with van der Waals surface area (Å²) in [6, 6.07) is 10.1. The summed E-state index contributed by atoms with van der Waals surface area (Å²) in [6.07, 6.45) is 9.04. The van der Waals surface area contributed by atoms with Crippen LogP contribution in [-0.4, -0.2) is 0 Å². The van der Waals surface area contributed by atoms with E-state index in [-0.39, 0.29) is 0 Å². The fraction of sp³-hybridized carbons (Fsp3) is 0.143. The van der Waals surface area contributed by atoms with Crippen LogP contribution >= 0.6 is 11.2 Å². The standard InChI is InChI=1S/C14H14OS/c1-2-7-13(8-3-1)15-16-11-10-12-6-4-5-9-14(12)16/h1-3,5,7-11,16H,4,6H2. The fourth-order valence-corrected chi connectivity index (χ4v) is 3.67. The third-order valence-electron chi connectivity index (χ3n) is 2.78. The van der Waals surface area contributed by atoms with E-state index in [0.29, 0.717) is 0 Å². The van der Waals surface area contributed by atoms with Gasteiger partial charge in [0.25, 0.3) is 0 Å². The van der Waals surface area contributed by atoms with Gasteiger partial charge in [0.05, 0.1) is 0 Å². The van der Waals surface area contributed by atoms with Gasteiger partial charge in [0.2, 0.25) is 0 Å². The largest absolute Gasteiger partial charge is 0.444 e. The van der Waals surface area contributed by atoms with Crippen molar-refractivity contribution in [1.29, 1.82) is 0 Å². The van der Waals surface area contributed by atoms with Gasteiger partial charge in [-0.05, 0) is 42.0 Å². The maximum atomic E-state index is 6.01. The van der Waals surface area contributed by atoms with E-state index in [2.05, 4.69) is 23.6 Å². The predicted octanol–water partition coefficient (Wildman–Crippen LogP) is 4.11. The van der Waals surface area contributed by atoms with Crippen molar-refractivity contribution < 1.29 is 4.18 Å². The Hall–Kier alpha value is -1.41. The summed E-state index contributed by atoms with van der Waals surface area (Å²) in [5.41, 5.74) is 1.46. The second-order valence-corrected chi connectivity index (χ2v) is 5.51. The van der Waals surface area contributed by atoms with Crippen LogP contribution in [0.4, 0.5) is 0 Å². The third-order valence-corrected chi connectivity index (χ3v) is 4.52. The first kappa shape index (κ1) is 9.79. The molecule has 2 heteroatoms. The lowest BCUT2D eigenvalue weighted by molar-refractivity contribution is 0.643. The van der Waals surface area contributed by atoms with Crippen LogP contribution in [0.15, 0.2) is 64.4 Å². The molecule has 1 unspecified atom stereocenters. The van der Waals surface area contributed by atoms with E-state index in [1.165, 1.54) is 16.9 Å². The Kier molecular flexibility index (Phi) is 2.58. The minimum atomic E-state index is -0.567. The molecule has 1 atom stereocenters. The molecule has 0 saturated carbocycles. The van der Waals surface area contributed by atoms with Crippen molar-refractivity contribution in [3.63, 3.8) is 0 Å². The number of rotatable bonds is 2. The highest BCUT2D eigenvalue weighted by atomic mass is 32.2. The molecule has 0 saturated heterocycles. The van der Waals surface area contributed by atoms with Gasteiger partial charge in [-0.15, -0.1) is 0 Å². The molecular formula is C14H14OS. The summed E-state index contributed by atoms with van der Waals surface area (Å²) in [5, 5.41) is 2.21. The summed E-state index contributed by atoms with van der Waals surface area (Å²) in [5.74, 6) is 0.964. The fourth-order valence-electron chi connectivity index (χ4n) is 1.97. The topological polar surface area (TPSA) is 9.23 Å². The Morgan fingerprint density at radius 1 is 1.06 bits per heavy atom. The van der Waals surface area contributed by atoms with Crippen molar-refractivity contribution in [1.82, 2.24) is 0 Å². The first-order chi connectivity index (χ1) is 7.93. The zero-order valence-corrected chi connectivity index (χ0v) is 9.86. The quantitative estimate of drug-likeness (QED) is 0.752. The molecule has 1 aliphatic heterocycles. The van der Waals surface area contributed by atoms with Gasteiger partial charge in [-0.1, -0.05) is 41.5 Å². The lowest BCUT2D eigenvalue weighted by Crippen LogP contribution is -1.93. The van der Waals surface area contributed by atoms with Crippen LogP contribution in [0.3, 0.4) is 0 Å². The molecule has 2 aliphatic rings. The minimum absolute atomic E-state index is 0.567. The molecule has 1 nitrogen and oxygen atoms in total. The van der Waals surface area contributed by atoms with E-state index in [4.69, 9.17) is 4.18 Å². The van der Waals surface area contributed by atoms with Crippen LogP contribution < -0.4 is 4.18 Å². The molecule has 0 N–H and O–H groups in total. The van der Waals surface area contributed by atoms with Crippen LogP contribution in [0.2, 0.25) is 0 Å². The molecule has 0 radical (unpaired) electrons. The lowest BCUT2D eigenvalue weighted by Gasteiger charge is -2.20. The van der Waals surface area contributed by atoms with Gasteiger partial charge < -0.3 is 4.18 Å². The maximum Gasteiger partial charge on any atom is 0.135 e. The van der Waals surface area contributed by atoms with Gasteiger partial charge in [0.1, 0.15) is 5.75 Å². The highest BCUT2D eigenvalue weighted by Crippen LogP contribution is 2.48. The zero-order valence-electron chi connectivity index (χ0n) is 8.97. The smallest absolute Gasteiger partial charge is 0.135 e. The molecule has 1 aliphatic carbocycles. The van der Waals surface area contributed by atoms with E-state index in [1.54, 1.807) is 0 Å². The van der Waals surface area contributed by atoms with Crippen molar-refractivity contribution in [3.05, 3.63) is 64.4 Å². The number of hydrogen-bond acceptors (Lipinski definition) is 1. The molecule has 82 valence electrons. The Morgan fingerprint density at radius 2 is 1.94 bits per heavy atom. The molecule has 1 aromatic rings. The van der Waals surface area contributed by atoms with E-state index in [0.717, 1.165) is 12.2 Å². The average molecular weight is 230 g/mol. The Morgan fingerprint density at radius 3 is 2.81 bits per heavy atom. The average Bonchev–Trinajstić information content (AvgIpc) is 2.74. The van der Waals surface area contributed by atoms with Crippen molar-refractivity contribution in [2.24, 2.45) is 0 Å². The molecule has 1 heterocycles. The van der Waals surface area contributed by atoms with Crippen LogP contribution in [0.25, 0.3) is 0 Å². The summed E-state index contributed by atoms with van der Waals surface area (Å²) in [4.78, 5) is 1.39. The highest BCUT2D eigenvalue weighted by Gasteiger charge is 2.18. The van der Waals surface area contributed by atoms with Crippen LogP contribution in [0.1, 0.15) is 12.8 Å². The van der Waals surface area contributed by atoms with Gasteiger partial charge in [-0.2, -0.15) is 0 Å². The van der Waals surface area contributed by atoms with Crippen molar-refractivity contribution in [2.45, 2.75) is 12.8 Å². The SMILES string of the molecule is C1=CC2=C(C=C[SH]2Oc2ccccc2)CC1. The molecule has 1 aromatic carbocycles. The molecule has 16 heavy (non-hydrogen) atoms. The molecule has 0 bridgehead atoms. The second-order valence-electron chi connectivity index (χ2n) is 3.90. The van der Waals surface area contributed by atoms with Gasteiger partial charge in [-0.25, -0.2) is 0 Å². The summed E-state index contributed by atoms with van der Waals surface area (Å²) in [6.45, 7) is 0. The van der Waals surface area contributed by atoms with E-state index >= 15 is 0 Å². The van der Waals surface area contributed by atoms with Crippen molar-refractivity contribution in [2.75, 3.05) is 0 Å². The maximum absolute atomic E-state index is 6.01. The van der Waals surface area contributed by atoms with Crippen molar-refractivity contribution in [3.8, 4) is 5.75 Å². The number of para-hydroxylation sites is 1. The molecule has 0 fully saturated rings. The number of hydrogen-bond donors (Lipinski definition) is 1. The zero-order chi connectivity index (χ0) is 10.8. The van der Waals surface area contributed by atoms with Crippen LogP contribution in [-0.2, 0) is 0 Å².